The maximum Gasteiger partial charge on any atom is 0.421 e. The molecule has 0 unspecified atom stereocenters. The second-order valence-electron chi connectivity index (χ2n) is 2.65. The third-order valence-corrected chi connectivity index (χ3v) is 1.79. The first-order chi connectivity index (χ1) is 5.83. The Morgan fingerprint density at radius 2 is 2.17 bits per heavy atom. The van der Waals surface area contributed by atoms with E-state index in [1.165, 1.54) is 7.11 Å². The number of rotatable bonds is 2. The second-order valence-corrected chi connectivity index (χ2v) is 2.65. The lowest BCUT2D eigenvalue weighted by atomic mass is 10.1. The van der Waals surface area contributed by atoms with Crippen molar-refractivity contribution >= 4 is 6.09 Å². The van der Waals surface area contributed by atoms with Gasteiger partial charge in [0.15, 0.2) is 0 Å². The fraction of sp³-hybridized carbons (Fsp3) is 0.857. The smallest absolute Gasteiger partial charge is 0.421 e. The molecule has 0 atom stereocenters. The molecular formula is C7H14N2O3. The maximum absolute atomic E-state index is 10.6. The van der Waals surface area contributed by atoms with E-state index in [1.54, 1.807) is 0 Å². The van der Waals surface area contributed by atoms with Crippen LogP contribution in [0.1, 0.15) is 12.8 Å². The Kier molecular flexibility index (Phi) is 3.83. The molecule has 70 valence electrons. The van der Waals surface area contributed by atoms with Crippen LogP contribution in [0.4, 0.5) is 4.79 Å². The van der Waals surface area contributed by atoms with E-state index in [-0.39, 0.29) is 0 Å². The Morgan fingerprint density at radius 1 is 1.50 bits per heavy atom. The van der Waals surface area contributed by atoms with E-state index in [4.69, 9.17) is 4.74 Å². The van der Waals surface area contributed by atoms with Crippen molar-refractivity contribution in [2.45, 2.75) is 18.9 Å². The normalized spacial score (nSPS) is 18.8. The zero-order valence-corrected chi connectivity index (χ0v) is 7.13. The Bertz CT molecular complexity index is 146. The summed E-state index contributed by atoms with van der Waals surface area (Å²) in [4.78, 5) is 10.6. The van der Waals surface area contributed by atoms with Gasteiger partial charge in [0.1, 0.15) is 0 Å². The standard InChI is InChI=1S/C7H14N2O3/c1-11-7(10)9-8-6-2-4-12-5-3-6/h6,8H,2-5H2,1H3,(H,9,10). The maximum atomic E-state index is 10.6. The van der Waals surface area contributed by atoms with Crippen molar-refractivity contribution in [2.75, 3.05) is 20.3 Å². The SMILES string of the molecule is COC(=O)NNC1CCOCC1. The quantitative estimate of drug-likeness (QED) is 0.580. The fourth-order valence-corrected chi connectivity index (χ4v) is 1.05. The molecule has 0 spiro atoms. The molecule has 5 heteroatoms. The number of hydrogen-bond donors (Lipinski definition) is 2. The van der Waals surface area contributed by atoms with Crippen LogP contribution in [0, 0.1) is 0 Å². The Balaban J connectivity index is 2.09. The number of amides is 1. The lowest BCUT2D eigenvalue weighted by molar-refractivity contribution is 0.0729. The predicted molar refractivity (Wildman–Crippen MR) is 42.5 cm³/mol. The summed E-state index contributed by atoms with van der Waals surface area (Å²) in [7, 11) is 1.33. The van der Waals surface area contributed by atoms with Crippen molar-refractivity contribution in [1.82, 2.24) is 10.9 Å². The minimum atomic E-state index is -0.457. The predicted octanol–water partition coefficient (Wildman–Crippen LogP) is 0.0260. The molecule has 0 aromatic rings. The summed E-state index contributed by atoms with van der Waals surface area (Å²) < 4.78 is 9.55. The minimum Gasteiger partial charge on any atom is -0.452 e. The molecule has 1 heterocycles. The molecule has 0 saturated carbocycles. The van der Waals surface area contributed by atoms with Gasteiger partial charge in [-0.05, 0) is 12.8 Å². The summed E-state index contributed by atoms with van der Waals surface area (Å²) >= 11 is 0. The Hall–Kier alpha value is -0.810. The van der Waals surface area contributed by atoms with Crippen molar-refractivity contribution in [3.63, 3.8) is 0 Å². The molecule has 0 aromatic carbocycles. The van der Waals surface area contributed by atoms with Gasteiger partial charge in [0, 0.05) is 19.3 Å². The Labute approximate surface area is 71.4 Å². The van der Waals surface area contributed by atoms with E-state index < -0.39 is 6.09 Å². The van der Waals surface area contributed by atoms with Crippen LogP contribution in [0.2, 0.25) is 0 Å². The topological polar surface area (TPSA) is 59.6 Å². The molecule has 0 aromatic heterocycles. The van der Waals surface area contributed by atoms with Gasteiger partial charge in [-0.15, -0.1) is 0 Å². The summed E-state index contributed by atoms with van der Waals surface area (Å²) in [6, 6.07) is 0.304. The zero-order valence-electron chi connectivity index (χ0n) is 7.13. The van der Waals surface area contributed by atoms with Gasteiger partial charge < -0.3 is 9.47 Å². The molecule has 1 aliphatic heterocycles. The van der Waals surface area contributed by atoms with E-state index >= 15 is 0 Å². The van der Waals surface area contributed by atoms with E-state index in [0.717, 1.165) is 26.1 Å². The van der Waals surface area contributed by atoms with E-state index in [2.05, 4.69) is 15.6 Å². The number of nitrogens with one attached hydrogen (secondary N) is 2. The molecule has 0 radical (unpaired) electrons. The molecular weight excluding hydrogens is 160 g/mol. The first-order valence-corrected chi connectivity index (χ1v) is 4.00. The first kappa shape index (κ1) is 9.28. The van der Waals surface area contributed by atoms with Crippen molar-refractivity contribution in [1.29, 1.82) is 0 Å². The van der Waals surface area contributed by atoms with Crippen LogP contribution >= 0.6 is 0 Å². The van der Waals surface area contributed by atoms with Crippen LogP contribution in [-0.4, -0.2) is 32.5 Å². The van der Waals surface area contributed by atoms with Crippen LogP contribution in [0.15, 0.2) is 0 Å². The summed E-state index contributed by atoms with van der Waals surface area (Å²) in [5.41, 5.74) is 5.30. The van der Waals surface area contributed by atoms with Crippen LogP contribution in [-0.2, 0) is 9.47 Å². The number of ether oxygens (including phenoxy) is 2. The monoisotopic (exact) mass is 174 g/mol. The zero-order chi connectivity index (χ0) is 8.81. The molecule has 1 amide bonds. The molecule has 1 aliphatic rings. The first-order valence-electron chi connectivity index (χ1n) is 4.00. The van der Waals surface area contributed by atoms with Gasteiger partial charge in [-0.2, -0.15) is 0 Å². The van der Waals surface area contributed by atoms with Gasteiger partial charge in [0.05, 0.1) is 7.11 Å². The summed E-state index contributed by atoms with van der Waals surface area (Å²) in [6.07, 6.45) is 1.38. The molecule has 2 N–H and O–H groups in total. The average Bonchev–Trinajstić information content (AvgIpc) is 2.16. The van der Waals surface area contributed by atoms with Crippen LogP contribution in [0.3, 0.4) is 0 Å². The van der Waals surface area contributed by atoms with Gasteiger partial charge in [0.25, 0.3) is 0 Å². The molecule has 0 bridgehead atoms. The molecule has 1 saturated heterocycles. The van der Waals surface area contributed by atoms with Crippen molar-refractivity contribution in [3.05, 3.63) is 0 Å². The van der Waals surface area contributed by atoms with Crippen LogP contribution in [0.5, 0.6) is 0 Å². The van der Waals surface area contributed by atoms with Gasteiger partial charge in [-0.1, -0.05) is 0 Å². The molecule has 0 aliphatic carbocycles. The van der Waals surface area contributed by atoms with Crippen molar-refractivity contribution < 1.29 is 14.3 Å². The third kappa shape index (κ3) is 3.06. The second kappa shape index (κ2) is 4.95. The minimum absolute atomic E-state index is 0.304. The molecule has 1 fully saturated rings. The largest absolute Gasteiger partial charge is 0.452 e. The molecule has 5 nitrogen and oxygen atoms in total. The van der Waals surface area contributed by atoms with Crippen LogP contribution in [0.25, 0.3) is 0 Å². The van der Waals surface area contributed by atoms with Gasteiger partial charge >= 0.3 is 6.09 Å². The highest BCUT2D eigenvalue weighted by molar-refractivity contribution is 5.66. The van der Waals surface area contributed by atoms with Gasteiger partial charge in [0.2, 0.25) is 0 Å². The van der Waals surface area contributed by atoms with E-state index in [0.29, 0.717) is 6.04 Å². The average molecular weight is 174 g/mol. The molecule has 12 heavy (non-hydrogen) atoms. The number of carbonyl (C=O) groups excluding carboxylic acids is 1. The summed E-state index contributed by atoms with van der Waals surface area (Å²) in [6.45, 7) is 1.50. The lowest BCUT2D eigenvalue weighted by Gasteiger charge is -2.22. The number of methoxy groups -OCH3 is 1. The van der Waals surface area contributed by atoms with E-state index in [9.17, 15) is 4.79 Å². The highest BCUT2D eigenvalue weighted by Crippen LogP contribution is 2.04. The highest BCUT2D eigenvalue weighted by Gasteiger charge is 2.13. The summed E-state index contributed by atoms with van der Waals surface area (Å²) in [5, 5.41) is 0. The van der Waals surface area contributed by atoms with Crippen LogP contribution < -0.4 is 10.9 Å². The number of carbonyl (C=O) groups is 1. The molecule has 1 rings (SSSR count). The van der Waals surface area contributed by atoms with Gasteiger partial charge in [-0.25, -0.2) is 10.2 Å². The lowest BCUT2D eigenvalue weighted by Crippen LogP contribution is -2.46. The Morgan fingerprint density at radius 3 is 2.75 bits per heavy atom. The number of hydrogen-bond acceptors (Lipinski definition) is 4. The third-order valence-electron chi connectivity index (χ3n) is 1.79. The highest BCUT2D eigenvalue weighted by atomic mass is 16.5. The van der Waals surface area contributed by atoms with Gasteiger partial charge in [-0.3, -0.25) is 5.43 Å². The van der Waals surface area contributed by atoms with Crippen molar-refractivity contribution in [2.24, 2.45) is 0 Å². The van der Waals surface area contributed by atoms with Crippen molar-refractivity contribution in [3.8, 4) is 0 Å². The number of hydrazine groups is 1. The van der Waals surface area contributed by atoms with E-state index in [1.807, 2.05) is 0 Å². The summed E-state index contributed by atoms with van der Waals surface area (Å²) in [5.74, 6) is 0. The fourth-order valence-electron chi connectivity index (χ4n) is 1.05.